The Morgan fingerprint density at radius 1 is 1.05 bits per heavy atom. The highest BCUT2D eigenvalue weighted by molar-refractivity contribution is 5.87. The average Bonchev–Trinajstić information content (AvgIpc) is 3.04. The molecule has 1 aliphatic carbocycles. The van der Waals surface area contributed by atoms with Gasteiger partial charge in [0.1, 0.15) is 11.6 Å². The van der Waals surface area contributed by atoms with Crippen molar-refractivity contribution in [3.63, 3.8) is 0 Å². The van der Waals surface area contributed by atoms with Gasteiger partial charge in [-0.15, -0.1) is 0 Å². The van der Waals surface area contributed by atoms with Crippen LogP contribution in [0.5, 0.6) is 0 Å². The molecule has 1 aliphatic rings. The molecule has 114 valence electrons. The molecule has 0 bridgehead atoms. The Morgan fingerprint density at radius 2 is 1.55 bits per heavy atom. The van der Waals surface area contributed by atoms with E-state index in [9.17, 15) is 18.7 Å². The molecule has 4 heteroatoms. The second-order valence-corrected chi connectivity index (χ2v) is 6.45. The van der Waals surface area contributed by atoms with Gasteiger partial charge in [-0.05, 0) is 35.1 Å². The normalized spacial score (nSPS) is 22.4. The number of aliphatic carboxylic acids is 1. The summed E-state index contributed by atoms with van der Waals surface area (Å²) in [4.78, 5) is 11.6. The first-order chi connectivity index (χ1) is 10.3. The molecule has 0 amide bonds. The summed E-state index contributed by atoms with van der Waals surface area (Å²) in [5, 5.41) is 9.55. The third-order valence-corrected chi connectivity index (χ3v) is 4.73. The Hall–Kier alpha value is -2.23. The number of carbonyl (C=O) groups is 1. The molecule has 0 radical (unpaired) electrons. The SMILES string of the molecule is CC1(C)CC1(C(=O)O)c1ccc(-c2c(F)cccc2F)cc1. The maximum atomic E-state index is 13.8. The van der Waals surface area contributed by atoms with Gasteiger partial charge in [0.25, 0.3) is 0 Å². The monoisotopic (exact) mass is 302 g/mol. The van der Waals surface area contributed by atoms with E-state index in [2.05, 4.69) is 0 Å². The fourth-order valence-corrected chi connectivity index (χ4v) is 3.30. The molecule has 2 aromatic rings. The zero-order chi connectivity index (χ0) is 16.1. The van der Waals surface area contributed by atoms with E-state index >= 15 is 0 Å². The molecule has 1 fully saturated rings. The number of carboxylic acid groups (broad SMARTS) is 1. The van der Waals surface area contributed by atoms with Crippen molar-refractivity contribution in [2.24, 2.45) is 5.41 Å². The fourth-order valence-electron chi connectivity index (χ4n) is 3.30. The van der Waals surface area contributed by atoms with Crippen molar-refractivity contribution in [1.29, 1.82) is 0 Å². The number of hydrogen-bond donors (Lipinski definition) is 1. The topological polar surface area (TPSA) is 37.3 Å². The van der Waals surface area contributed by atoms with E-state index in [-0.39, 0.29) is 11.0 Å². The first-order valence-electron chi connectivity index (χ1n) is 7.08. The highest BCUT2D eigenvalue weighted by Crippen LogP contribution is 2.64. The number of rotatable bonds is 3. The van der Waals surface area contributed by atoms with Crippen LogP contribution in [0.3, 0.4) is 0 Å². The van der Waals surface area contributed by atoms with E-state index in [1.165, 1.54) is 18.2 Å². The minimum atomic E-state index is -0.903. The summed E-state index contributed by atoms with van der Waals surface area (Å²) in [6, 6.07) is 10.2. The Labute approximate surface area is 127 Å². The number of halogens is 2. The molecule has 1 atom stereocenters. The fraction of sp³-hybridized carbons (Fsp3) is 0.278. The van der Waals surface area contributed by atoms with E-state index < -0.39 is 23.0 Å². The van der Waals surface area contributed by atoms with Gasteiger partial charge in [-0.1, -0.05) is 44.2 Å². The Morgan fingerprint density at radius 3 is 1.95 bits per heavy atom. The van der Waals surface area contributed by atoms with Gasteiger partial charge in [0, 0.05) is 0 Å². The van der Waals surface area contributed by atoms with Gasteiger partial charge in [-0.25, -0.2) is 8.78 Å². The van der Waals surface area contributed by atoms with Crippen molar-refractivity contribution < 1.29 is 18.7 Å². The molecule has 0 spiro atoms. The minimum absolute atomic E-state index is 0.0894. The molecule has 0 heterocycles. The molecule has 1 saturated carbocycles. The molecule has 0 aromatic heterocycles. The highest BCUT2D eigenvalue weighted by atomic mass is 19.1. The molecule has 3 rings (SSSR count). The summed E-state index contributed by atoms with van der Waals surface area (Å²) in [5.41, 5.74) is -0.236. The third kappa shape index (κ3) is 1.94. The number of hydrogen-bond acceptors (Lipinski definition) is 1. The van der Waals surface area contributed by atoms with Crippen molar-refractivity contribution in [2.45, 2.75) is 25.7 Å². The quantitative estimate of drug-likeness (QED) is 0.913. The lowest BCUT2D eigenvalue weighted by atomic mass is 9.87. The van der Waals surface area contributed by atoms with Crippen LogP contribution in [0.1, 0.15) is 25.8 Å². The predicted molar refractivity (Wildman–Crippen MR) is 79.5 cm³/mol. The Balaban J connectivity index is 2.03. The van der Waals surface area contributed by atoms with Crippen LogP contribution in [0.15, 0.2) is 42.5 Å². The van der Waals surface area contributed by atoms with Crippen molar-refractivity contribution in [1.82, 2.24) is 0 Å². The van der Waals surface area contributed by atoms with E-state index in [0.717, 1.165) is 0 Å². The van der Waals surface area contributed by atoms with Crippen molar-refractivity contribution in [2.75, 3.05) is 0 Å². The van der Waals surface area contributed by atoms with Crippen molar-refractivity contribution >= 4 is 5.97 Å². The molecule has 2 aromatic carbocycles. The van der Waals surface area contributed by atoms with Crippen LogP contribution in [0.4, 0.5) is 8.78 Å². The summed E-state index contributed by atoms with van der Waals surface area (Å²) >= 11 is 0. The Bertz CT molecular complexity index is 730. The van der Waals surface area contributed by atoms with Gasteiger partial charge in [0.2, 0.25) is 0 Å². The smallest absolute Gasteiger partial charge is 0.314 e. The van der Waals surface area contributed by atoms with Gasteiger partial charge >= 0.3 is 5.97 Å². The first kappa shape index (κ1) is 14.7. The standard InChI is InChI=1S/C18H16F2O2/c1-17(2)10-18(17,16(21)22)12-8-6-11(7-9-12)15-13(19)4-3-5-14(15)20/h3-9H,10H2,1-2H3,(H,21,22). The zero-order valence-corrected chi connectivity index (χ0v) is 12.4. The molecule has 0 aliphatic heterocycles. The van der Waals surface area contributed by atoms with Gasteiger partial charge < -0.3 is 5.11 Å². The van der Waals surface area contributed by atoms with Crippen molar-refractivity contribution in [3.8, 4) is 11.1 Å². The van der Waals surface area contributed by atoms with E-state index in [0.29, 0.717) is 17.5 Å². The molecular formula is C18H16F2O2. The second-order valence-electron chi connectivity index (χ2n) is 6.45. The van der Waals surface area contributed by atoms with Crippen LogP contribution >= 0.6 is 0 Å². The summed E-state index contributed by atoms with van der Waals surface area (Å²) in [7, 11) is 0. The maximum absolute atomic E-state index is 13.8. The molecular weight excluding hydrogens is 286 g/mol. The predicted octanol–water partition coefficient (Wildman–Crippen LogP) is 4.38. The van der Waals surface area contributed by atoms with Gasteiger partial charge in [0.05, 0.1) is 11.0 Å². The summed E-state index contributed by atoms with van der Waals surface area (Å²) in [6.07, 6.45) is 0.558. The zero-order valence-electron chi connectivity index (χ0n) is 12.4. The number of benzene rings is 2. The summed E-state index contributed by atoms with van der Waals surface area (Å²) in [5.74, 6) is -2.12. The van der Waals surface area contributed by atoms with E-state index in [4.69, 9.17) is 0 Å². The first-order valence-corrected chi connectivity index (χ1v) is 7.08. The highest BCUT2D eigenvalue weighted by Gasteiger charge is 2.67. The molecule has 22 heavy (non-hydrogen) atoms. The minimum Gasteiger partial charge on any atom is -0.481 e. The van der Waals surface area contributed by atoms with E-state index in [1.54, 1.807) is 24.3 Å². The lowest BCUT2D eigenvalue weighted by Gasteiger charge is -2.16. The van der Waals surface area contributed by atoms with Crippen LogP contribution in [-0.2, 0) is 10.2 Å². The lowest BCUT2D eigenvalue weighted by Crippen LogP contribution is -2.25. The van der Waals surface area contributed by atoms with Crippen molar-refractivity contribution in [3.05, 3.63) is 59.7 Å². The van der Waals surface area contributed by atoms with Crippen LogP contribution in [0, 0.1) is 17.0 Å². The summed E-state index contributed by atoms with van der Waals surface area (Å²) < 4.78 is 27.6. The number of carboxylic acids is 1. The molecule has 0 saturated heterocycles. The maximum Gasteiger partial charge on any atom is 0.314 e. The molecule has 1 N–H and O–H groups in total. The molecule has 2 nitrogen and oxygen atoms in total. The van der Waals surface area contributed by atoms with Crippen LogP contribution in [0.2, 0.25) is 0 Å². The Kier molecular flexibility index (Phi) is 3.09. The average molecular weight is 302 g/mol. The van der Waals surface area contributed by atoms with Crippen LogP contribution in [-0.4, -0.2) is 11.1 Å². The largest absolute Gasteiger partial charge is 0.481 e. The third-order valence-electron chi connectivity index (χ3n) is 4.73. The van der Waals surface area contributed by atoms with Gasteiger partial charge in [0.15, 0.2) is 0 Å². The van der Waals surface area contributed by atoms with Crippen LogP contribution < -0.4 is 0 Å². The van der Waals surface area contributed by atoms with E-state index in [1.807, 2.05) is 13.8 Å². The molecule has 1 unspecified atom stereocenters. The van der Waals surface area contributed by atoms with Gasteiger partial charge in [-0.2, -0.15) is 0 Å². The summed E-state index contributed by atoms with van der Waals surface area (Å²) in [6.45, 7) is 3.82. The lowest BCUT2D eigenvalue weighted by molar-refractivity contribution is -0.141. The van der Waals surface area contributed by atoms with Gasteiger partial charge in [-0.3, -0.25) is 4.79 Å². The van der Waals surface area contributed by atoms with Crippen LogP contribution in [0.25, 0.3) is 11.1 Å². The second kappa shape index (κ2) is 4.63.